The lowest BCUT2D eigenvalue weighted by Gasteiger charge is -2.26. The first-order chi connectivity index (χ1) is 11.6. The van der Waals surface area contributed by atoms with Crippen LogP contribution in [0.3, 0.4) is 0 Å². The van der Waals surface area contributed by atoms with Crippen molar-refractivity contribution in [3.8, 4) is 5.69 Å². The van der Waals surface area contributed by atoms with Gasteiger partial charge in [0.25, 0.3) is 5.91 Å². The third kappa shape index (κ3) is 2.33. The molecule has 1 amide bonds. The van der Waals surface area contributed by atoms with Crippen LogP contribution < -0.4 is 0 Å². The highest BCUT2D eigenvalue weighted by atomic mass is 16.2. The predicted octanol–water partition coefficient (Wildman–Crippen LogP) is 3.02. The summed E-state index contributed by atoms with van der Waals surface area (Å²) >= 11 is 0. The summed E-state index contributed by atoms with van der Waals surface area (Å²) in [7, 11) is 0. The molecule has 0 bridgehead atoms. The lowest BCUT2D eigenvalue weighted by Crippen LogP contribution is -2.36. The fourth-order valence-electron chi connectivity index (χ4n) is 3.51. The normalized spacial score (nSPS) is 13.8. The minimum absolute atomic E-state index is 0.0885. The number of imidazole rings is 1. The van der Waals surface area contributed by atoms with Crippen molar-refractivity contribution in [1.29, 1.82) is 0 Å². The number of aromatic amines is 1. The number of aryl methyl sites for hydroxylation is 1. The zero-order valence-corrected chi connectivity index (χ0v) is 13.9. The average Bonchev–Trinajstić information content (AvgIpc) is 3.18. The Morgan fingerprint density at radius 3 is 2.79 bits per heavy atom. The molecule has 122 valence electrons. The molecule has 4 rings (SSSR count). The molecule has 1 N–H and O–H groups in total. The minimum atomic E-state index is 0.0885. The highest BCUT2D eigenvalue weighted by Crippen LogP contribution is 2.24. The van der Waals surface area contributed by atoms with Gasteiger partial charge in [-0.25, -0.2) is 4.98 Å². The maximum absolute atomic E-state index is 13.0. The van der Waals surface area contributed by atoms with Crippen LogP contribution in [-0.4, -0.2) is 31.9 Å². The number of rotatable bonds is 2. The van der Waals surface area contributed by atoms with E-state index >= 15 is 0 Å². The van der Waals surface area contributed by atoms with E-state index in [4.69, 9.17) is 0 Å². The summed E-state index contributed by atoms with van der Waals surface area (Å²) in [6.07, 6.45) is 2.52. The number of benzene rings is 1. The number of hydrogen-bond donors (Lipinski definition) is 1. The van der Waals surface area contributed by atoms with E-state index in [1.807, 2.05) is 43.0 Å². The molecule has 1 aliphatic rings. The topological polar surface area (TPSA) is 53.9 Å². The van der Waals surface area contributed by atoms with Gasteiger partial charge in [0.1, 0.15) is 0 Å². The molecule has 2 aromatic heterocycles. The maximum Gasteiger partial charge on any atom is 0.256 e. The van der Waals surface area contributed by atoms with Crippen LogP contribution in [-0.2, 0) is 13.0 Å². The Labute approximate surface area is 140 Å². The molecule has 0 fully saturated rings. The molecule has 0 spiro atoms. The van der Waals surface area contributed by atoms with E-state index in [0.29, 0.717) is 13.1 Å². The molecule has 3 aromatic rings. The molecular weight excluding hydrogens is 300 g/mol. The van der Waals surface area contributed by atoms with Gasteiger partial charge < -0.3 is 14.5 Å². The second-order valence-electron chi connectivity index (χ2n) is 6.26. The van der Waals surface area contributed by atoms with Gasteiger partial charge in [-0.2, -0.15) is 0 Å². The first-order valence-corrected chi connectivity index (χ1v) is 8.20. The quantitative estimate of drug-likeness (QED) is 0.789. The SMILES string of the molecule is Cc1cc(C(=O)N2CCc3nc[nH]c3C2)c(C)n1-c1ccccc1. The second kappa shape index (κ2) is 5.67. The van der Waals surface area contributed by atoms with Crippen LogP contribution in [0.2, 0.25) is 0 Å². The number of H-pyrrole nitrogens is 1. The van der Waals surface area contributed by atoms with Crippen molar-refractivity contribution in [2.24, 2.45) is 0 Å². The van der Waals surface area contributed by atoms with Gasteiger partial charge in [-0.1, -0.05) is 18.2 Å². The molecular formula is C19H20N4O. The Morgan fingerprint density at radius 1 is 1.21 bits per heavy atom. The van der Waals surface area contributed by atoms with Crippen molar-refractivity contribution in [2.75, 3.05) is 6.54 Å². The summed E-state index contributed by atoms with van der Waals surface area (Å²) < 4.78 is 2.14. The smallest absolute Gasteiger partial charge is 0.256 e. The third-order valence-corrected chi connectivity index (χ3v) is 4.74. The van der Waals surface area contributed by atoms with E-state index < -0.39 is 0 Å². The number of carbonyl (C=O) groups is 1. The summed E-state index contributed by atoms with van der Waals surface area (Å²) in [5.74, 6) is 0.0885. The molecule has 0 aliphatic carbocycles. The molecule has 0 saturated heterocycles. The Morgan fingerprint density at radius 2 is 2.00 bits per heavy atom. The van der Waals surface area contributed by atoms with E-state index in [1.54, 1.807) is 6.33 Å². The largest absolute Gasteiger partial charge is 0.347 e. The van der Waals surface area contributed by atoms with Crippen molar-refractivity contribution in [3.05, 3.63) is 71.1 Å². The van der Waals surface area contributed by atoms with Crippen molar-refractivity contribution in [3.63, 3.8) is 0 Å². The predicted molar refractivity (Wildman–Crippen MR) is 92.3 cm³/mol. The number of nitrogens with one attached hydrogen (secondary N) is 1. The first-order valence-electron chi connectivity index (χ1n) is 8.20. The van der Waals surface area contributed by atoms with E-state index in [9.17, 15) is 4.79 Å². The highest BCUT2D eigenvalue weighted by Gasteiger charge is 2.26. The van der Waals surface area contributed by atoms with Crippen molar-refractivity contribution in [2.45, 2.75) is 26.8 Å². The number of aromatic nitrogens is 3. The molecule has 5 heteroatoms. The Hall–Kier alpha value is -2.82. The first kappa shape index (κ1) is 14.8. The highest BCUT2D eigenvalue weighted by molar-refractivity contribution is 5.96. The van der Waals surface area contributed by atoms with E-state index in [1.165, 1.54) is 0 Å². The van der Waals surface area contributed by atoms with Gasteiger partial charge in [-0.3, -0.25) is 4.79 Å². The molecule has 24 heavy (non-hydrogen) atoms. The van der Waals surface area contributed by atoms with Crippen LogP contribution >= 0.6 is 0 Å². The second-order valence-corrected chi connectivity index (χ2v) is 6.26. The van der Waals surface area contributed by atoms with Gasteiger partial charge in [0, 0.05) is 30.0 Å². The van der Waals surface area contributed by atoms with E-state index in [-0.39, 0.29) is 5.91 Å². The number of hydrogen-bond acceptors (Lipinski definition) is 2. The number of para-hydroxylation sites is 1. The fourth-order valence-corrected chi connectivity index (χ4v) is 3.51. The number of amides is 1. The summed E-state index contributed by atoms with van der Waals surface area (Å²) in [6.45, 7) is 5.37. The molecule has 0 atom stereocenters. The van der Waals surface area contributed by atoms with Gasteiger partial charge in [-0.15, -0.1) is 0 Å². The van der Waals surface area contributed by atoms with Crippen LogP contribution in [0.4, 0.5) is 0 Å². The lowest BCUT2D eigenvalue weighted by atomic mass is 10.1. The zero-order chi connectivity index (χ0) is 16.7. The monoisotopic (exact) mass is 320 g/mol. The third-order valence-electron chi connectivity index (χ3n) is 4.74. The lowest BCUT2D eigenvalue weighted by molar-refractivity contribution is 0.0731. The standard InChI is InChI=1S/C19H20N4O/c1-13-10-16(14(2)23(13)15-6-4-3-5-7-15)19(24)22-9-8-17-18(11-22)21-12-20-17/h3-7,10,12H,8-9,11H2,1-2H3,(H,20,21). The minimum Gasteiger partial charge on any atom is -0.347 e. The molecule has 1 aliphatic heterocycles. The summed E-state index contributed by atoms with van der Waals surface area (Å²) in [4.78, 5) is 22.4. The molecule has 1 aromatic carbocycles. The molecule has 3 heterocycles. The number of fused-ring (bicyclic) bond motifs is 1. The Balaban J connectivity index is 1.67. The summed E-state index contributed by atoms with van der Waals surface area (Å²) in [5, 5.41) is 0. The van der Waals surface area contributed by atoms with Gasteiger partial charge in [0.15, 0.2) is 0 Å². The Kier molecular flexibility index (Phi) is 3.49. The van der Waals surface area contributed by atoms with Gasteiger partial charge in [-0.05, 0) is 32.0 Å². The molecule has 5 nitrogen and oxygen atoms in total. The van der Waals surface area contributed by atoms with Crippen LogP contribution in [0, 0.1) is 13.8 Å². The van der Waals surface area contributed by atoms with Crippen molar-refractivity contribution >= 4 is 5.91 Å². The van der Waals surface area contributed by atoms with Gasteiger partial charge in [0.05, 0.1) is 29.8 Å². The summed E-state index contributed by atoms with van der Waals surface area (Å²) in [5.41, 5.74) is 6.04. The van der Waals surface area contributed by atoms with E-state index in [2.05, 4.69) is 26.7 Å². The molecule has 0 saturated carbocycles. The molecule has 0 radical (unpaired) electrons. The van der Waals surface area contributed by atoms with Crippen molar-refractivity contribution < 1.29 is 4.79 Å². The zero-order valence-electron chi connectivity index (χ0n) is 13.9. The Bertz CT molecular complexity index is 891. The van der Waals surface area contributed by atoms with Gasteiger partial charge in [0.2, 0.25) is 0 Å². The van der Waals surface area contributed by atoms with Gasteiger partial charge >= 0.3 is 0 Å². The molecule has 0 unspecified atom stereocenters. The van der Waals surface area contributed by atoms with Crippen LogP contribution in [0.1, 0.15) is 33.1 Å². The van der Waals surface area contributed by atoms with Crippen LogP contribution in [0.15, 0.2) is 42.7 Å². The van der Waals surface area contributed by atoms with Crippen LogP contribution in [0.25, 0.3) is 5.69 Å². The van der Waals surface area contributed by atoms with Crippen LogP contribution in [0.5, 0.6) is 0 Å². The van der Waals surface area contributed by atoms with E-state index in [0.717, 1.165) is 40.4 Å². The fraction of sp³-hybridized carbons (Fsp3) is 0.263. The number of carbonyl (C=O) groups excluding carboxylic acids is 1. The number of nitrogens with zero attached hydrogens (tertiary/aromatic N) is 3. The average molecular weight is 320 g/mol. The summed E-state index contributed by atoms with van der Waals surface area (Å²) in [6, 6.07) is 12.1. The maximum atomic E-state index is 13.0. The van der Waals surface area contributed by atoms with Crippen molar-refractivity contribution in [1.82, 2.24) is 19.4 Å².